The lowest BCUT2D eigenvalue weighted by atomic mass is 10.5. The Balaban J connectivity index is 10.2. The second-order valence-electron chi connectivity index (χ2n) is 18.8. The summed E-state index contributed by atoms with van der Waals surface area (Å²) in [7, 11) is -6.69. The van der Waals surface area contributed by atoms with Gasteiger partial charge in [-0.05, 0) is 0 Å². The van der Waals surface area contributed by atoms with Crippen LogP contribution in [0.1, 0.15) is 166 Å². The summed E-state index contributed by atoms with van der Waals surface area (Å²) in [6.07, 6.45) is 0. The van der Waals surface area contributed by atoms with Crippen LogP contribution in [0.4, 0.5) is 0 Å². The van der Waals surface area contributed by atoms with E-state index in [0.29, 0.717) is 0 Å². The molecular weight excluding hydrogens is 629 g/mol. The number of rotatable bonds is 18. The summed E-state index contributed by atoms with van der Waals surface area (Å²) in [5, 5.41) is 0. The van der Waals surface area contributed by atoms with Crippen molar-refractivity contribution in [3.8, 4) is 0 Å². The van der Waals surface area contributed by atoms with E-state index in [1.807, 2.05) is 0 Å². The third-order valence-electron chi connectivity index (χ3n) is 14.2. The molecule has 0 amide bonds. The fourth-order valence-corrected chi connectivity index (χ4v) is 225. The molecule has 0 saturated heterocycles. The van der Waals surface area contributed by atoms with Crippen LogP contribution < -0.4 is 0 Å². The smallest absolute Gasteiger partial charge is 0.153 e. The van der Waals surface area contributed by atoms with Gasteiger partial charge in [-0.1, -0.05) is 233 Å². The van der Waals surface area contributed by atoms with Crippen LogP contribution >= 0.6 is 0 Å². The summed E-state index contributed by atoms with van der Waals surface area (Å²) in [6.45, 7) is 63.0. The van der Waals surface area contributed by atoms with Crippen LogP contribution in [0.25, 0.3) is 0 Å². The van der Waals surface area contributed by atoms with Crippen molar-refractivity contribution in [1.29, 1.82) is 0 Å². The molecule has 265 valence electrons. The lowest BCUT2D eigenvalue weighted by molar-refractivity contribution is 0.430. The van der Waals surface area contributed by atoms with Crippen LogP contribution in [-0.2, 0) is 4.43 Å². The van der Waals surface area contributed by atoms with Crippen molar-refractivity contribution < 1.29 is 4.43 Å². The Morgan fingerprint density at radius 3 is 0.545 bits per heavy atom. The van der Waals surface area contributed by atoms with Crippen molar-refractivity contribution in [2.24, 2.45) is 0 Å². The maximum Gasteiger partial charge on any atom is 0.153 e. The zero-order valence-electron chi connectivity index (χ0n) is 35.3. The molecule has 44 heavy (non-hydrogen) atoms. The minimum absolute atomic E-state index is 0.744. The van der Waals surface area contributed by atoms with Crippen molar-refractivity contribution in [2.75, 3.05) is 7.11 Å². The molecule has 0 rings (SSSR count). The molecule has 0 N–H and O–H groups in total. The van der Waals surface area contributed by atoms with Crippen LogP contribution in [-0.4, -0.2) is 51.7 Å². The average Bonchev–Trinajstić information content (AvgIpc) is 2.80. The van der Waals surface area contributed by atoms with Crippen molar-refractivity contribution in [1.82, 2.24) is 0 Å². The van der Waals surface area contributed by atoms with Gasteiger partial charge in [0.05, 0.1) is 22.5 Å². The van der Waals surface area contributed by atoms with Gasteiger partial charge in [-0.2, -0.15) is 0 Å². The van der Waals surface area contributed by atoms with E-state index in [4.69, 9.17) is 4.43 Å². The second-order valence-corrected chi connectivity index (χ2v) is 72.9. The van der Waals surface area contributed by atoms with Gasteiger partial charge in [-0.25, -0.2) is 0 Å². The van der Waals surface area contributed by atoms with Crippen LogP contribution in [0.3, 0.4) is 0 Å². The van der Waals surface area contributed by atoms with Gasteiger partial charge < -0.3 is 4.43 Å². The number of hydrogen-bond donors (Lipinski definition) is 0. The Kier molecular flexibility index (Phi) is 16.8. The molecule has 0 atom stereocenters. The van der Waals surface area contributed by atoms with Crippen LogP contribution in [0, 0.1) is 0 Å². The summed E-state index contributed by atoms with van der Waals surface area (Å²) in [4.78, 5) is 0. The van der Waals surface area contributed by atoms with Crippen LogP contribution in [0.5, 0.6) is 0 Å². The molecular formula is C37H87OSi6. The Morgan fingerprint density at radius 2 is 0.455 bits per heavy atom. The Hall–Kier alpha value is 1.26. The Labute approximate surface area is 287 Å². The maximum absolute atomic E-state index is 8.39. The molecule has 0 aromatic carbocycles. The van der Waals surface area contributed by atoms with Crippen LogP contribution in [0.2, 0.25) is 66.5 Å². The minimum atomic E-state index is -2.48. The predicted molar refractivity (Wildman–Crippen MR) is 223 cm³/mol. The summed E-state index contributed by atoms with van der Waals surface area (Å²) >= 11 is 0. The SMILES string of the molecule is CO[Si]([Si]([Si](C(C)C)(C(C)C)C(C)C)[Si](C(C)C)(C(C)C)C(C)C)([Si](C(C)C)(C(C)C)C(C)C)[Si](C(C)C)(C(C)C)C(C)C. The summed E-state index contributed by atoms with van der Waals surface area (Å²) < 4.78 is 8.39. The van der Waals surface area contributed by atoms with Gasteiger partial charge in [0, 0.05) is 22.3 Å². The first-order valence-corrected chi connectivity index (χ1v) is 36.5. The van der Waals surface area contributed by atoms with Crippen molar-refractivity contribution in [3.63, 3.8) is 0 Å². The van der Waals surface area contributed by atoms with Gasteiger partial charge in [-0.3, -0.25) is 0 Å². The zero-order chi connectivity index (χ0) is 35.7. The maximum atomic E-state index is 8.39. The van der Waals surface area contributed by atoms with E-state index in [2.05, 4.69) is 173 Å². The molecule has 0 bridgehead atoms. The summed E-state index contributed by atoms with van der Waals surface area (Å²) in [6, 6.07) is 0. The van der Waals surface area contributed by atoms with E-state index >= 15 is 0 Å². The molecule has 7 heteroatoms. The molecule has 1 radical (unpaired) electrons. The van der Waals surface area contributed by atoms with E-state index in [9.17, 15) is 0 Å². The quantitative estimate of drug-likeness (QED) is 0.128. The molecule has 0 aliphatic rings. The zero-order valence-corrected chi connectivity index (χ0v) is 41.3. The predicted octanol–water partition coefficient (Wildman–Crippen LogP) is 14.2. The largest absolute Gasteiger partial charge is 0.430 e. The lowest BCUT2D eigenvalue weighted by Gasteiger charge is -2.74. The average molecular weight is 717 g/mol. The highest BCUT2D eigenvalue weighted by Crippen LogP contribution is 2.65. The molecule has 0 spiro atoms. The van der Waals surface area contributed by atoms with Gasteiger partial charge in [0.15, 0.2) is 6.87 Å². The first-order chi connectivity index (χ1) is 19.7. The van der Waals surface area contributed by atoms with E-state index in [1.165, 1.54) is 0 Å². The van der Waals surface area contributed by atoms with E-state index in [0.717, 1.165) is 66.5 Å². The third-order valence-corrected chi connectivity index (χ3v) is 131. The summed E-state index contributed by atoms with van der Waals surface area (Å²) in [5.41, 5.74) is 9.20. The van der Waals surface area contributed by atoms with E-state index < -0.39 is 44.6 Å². The normalized spacial score (nSPS) is 15.4. The monoisotopic (exact) mass is 716 g/mol. The molecule has 0 heterocycles. The Bertz CT molecular complexity index is 705. The molecule has 0 aliphatic carbocycles. The van der Waals surface area contributed by atoms with E-state index in [1.54, 1.807) is 0 Å². The van der Waals surface area contributed by atoms with Crippen molar-refractivity contribution >= 4 is 44.6 Å². The Morgan fingerprint density at radius 1 is 0.295 bits per heavy atom. The van der Waals surface area contributed by atoms with Gasteiger partial charge in [0.1, 0.15) is 0 Å². The van der Waals surface area contributed by atoms with Gasteiger partial charge in [0.2, 0.25) is 0 Å². The highest BCUT2D eigenvalue weighted by atomic mass is 30.2. The molecule has 0 aromatic heterocycles. The fourth-order valence-electron chi connectivity index (χ4n) is 14.4. The fraction of sp³-hybridized carbons (Fsp3) is 1.00. The lowest BCUT2D eigenvalue weighted by Crippen LogP contribution is -2.99. The van der Waals surface area contributed by atoms with Crippen molar-refractivity contribution in [2.45, 2.75) is 233 Å². The summed E-state index contributed by atoms with van der Waals surface area (Å²) in [5.74, 6) is 0. The van der Waals surface area contributed by atoms with E-state index in [-0.39, 0.29) is 0 Å². The first-order valence-electron chi connectivity index (χ1n) is 19.2. The minimum Gasteiger partial charge on any atom is -0.430 e. The van der Waals surface area contributed by atoms with Crippen molar-refractivity contribution in [3.05, 3.63) is 0 Å². The first kappa shape index (κ1) is 45.3. The van der Waals surface area contributed by atoms with Crippen LogP contribution in [0.15, 0.2) is 0 Å². The standard InChI is InChI=1S/C37H87OSi6/c1-26(2)40(27(3)4,28(5)6)39(41(29(7)8,30(9)10)31(11)12)44(38-25,42(32(13)14,33(15)16)34(17)18)43(35(19)20,36(21)22)37(23)24/h26-37H,1-25H3. The molecule has 1 nitrogen and oxygen atoms in total. The molecule has 0 aliphatic heterocycles. The molecule has 0 saturated carbocycles. The highest BCUT2D eigenvalue weighted by Gasteiger charge is 2.82. The second kappa shape index (κ2) is 16.3. The third kappa shape index (κ3) is 6.13. The molecule has 0 unspecified atom stereocenters. The number of hydrogen-bond acceptors (Lipinski definition) is 1. The van der Waals surface area contributed by atoms with Gasteiger partial charge in [0.25, 0.3) is 0 Å². The molecule has 0 aromatic rings. The molecule has 0 fully saturated rings. The topological polar surface area (TPSA) is 9.23 Å². The highest BCUT2D eigenvalue weighted by molar-refractivity contribution is 8.04. The van der Waals surface area contributed by atoms with Gasteiger partial charge in [-0.15, -0.1) is 0 Å². The van der Waals surface area contributed by atoms with Gasteiger partial charge >= 0.3 is 0 Å².